The Balaban J connectivity index is 1.19. The summed E-state index contributed by atoms with van der Waals surface area (Å²) in [7, 11) is 0. The van der Waals surface area contributed by atoms with Crippen LogP contribution in [0.1, 0.15) is 0 Å². The first-order valence-electron chi connectivity index (χ1n) is 16.8. The zero-order chi connectivity index (χ0) is 32.1. The number of fused-ring (bicyclic) bond motifs is 6. The molecule has 1 aliphatic rings. The van der Waals surface area contributed by atoms with E-state index in [-0.39, 0.29) is 0 Å². The summed E-state index contributed by atoms with van der Waals surface area (Å²) < 4.78 is 8.79. The number of nitrogens with zero attached hydrogens (tertiary/aromatic N) is 2. The molecule has 2 heterocycles. The Morgan fingerprint density at radius 2 is 1.08 bits per heavy atom. The standard InChI is InChI=1S/C46H28N2O/c1-3-12-30(13-4-1)47(33-23-25-36-35-16-7-8-20-42(35)49-43(36)28-33)32-22-24-34-37-18-10-19-40-45(37)46-41(48(40)31-14-5-2-6-15-31)26-21-29-11-9-17-38(44(29)46)39(34)27-32/h1-28H. The van der Waals surface area contributed by atoms with E-state index in [2.05, 4.69) is 167 Å². The Kier molecular flexibility index (Phi) is 5.38. The fourth-order valence-electron chi connectivity index (χ4n) is 8.24. The van der Waals surface area contributed by atoms with E-state index in [1.807, 2.05) is 12.1 Å². The van der Waals surface area contributed by atoms with Crippen molar-refractivity contribution in [2.24, 2.45) is 0 Å². The van der Waals surface area contributed by atoms with E-state index >= 15 is 0 Å². The van der Waals surface area contributed by atoms with E-state index in [4.69, 9.17) is 4.42 Å². The predicted molar refractivity (Wildman–Crippen MR) is 205 cm³/mol. The third-order valence-corrected chi connectivity index (χ3v) is 10.3. The normalized spacial score (nSPS) is 12.1. The van der Waals surface area contributed by atoms with Gasteiger partial charge in [0.2, 0.25) is 0 Å². The Hall–Kier alpha value is -6.58. The van der Waals surface area contributed by atoms with Crippen LogP contribution in [0.15, 0.2) is 174 Å². The number of rotatable bonds is 4. The number of para-hydroxylation sites is 3. The molecule has 11 rings (SSSR count). The highest BCUT2D eigenvalue weighted by atomic mass is 16.3. The highest BCUT2D eigenvalue weighted by Gasteiger charge is 2.26. The van der Waals surface area contributed by atoms with Gasteiger partial charge in [-0.15, -0.1) is 0 Å². The van der Waals surface area contributed by atoms with Crippen molar-refractivity contribution in [1.82, 2.24) is 4.57 Å². The second kappa shape index (κ2) is 9.96. The van der Waals surface area contributed by atoms with Gasteiger partial charge in [-0.25, -0.2) is 0 Å². The van der Waals surface area contributed by atoms with Crippen molar-refractivity contribution in [1.29, 1.82) is 0 Å². The molecule has 0 N–H and O–H groups in total. The van der Waals surface area contributed by atoms with Crippen LogP contribution in [0.25, 0.3) is 82.5 Å². The first kappa shape index (κ1) is 26.5. The average molecular weight is 625 g/mol. The highest BCUT2D eigenvalue weighted by molar-refractivity contribution is 6.30. The topological polar surface area (TPSA) is 21.3 Å². The van der Waals surface area contributed by atoms with Crippen LogP contribution in [-0.4, -0.2) is 4.57 Å². The molecule has 2 aromatic heterocycles. The van der Waals surface area contributed by atoms with Gasteiger partial charge in [0.05, 0.1) is 11.0 Å². The maximum absolute atomic E-state index is 6.37. The molecular weight excluding hydrogens is 597 g/mol. The average Bonchev–Trinajstić information content (AvgIpc) is 3.67. The quantitative estimate of drug-likeness (QED) is 0.194. The summed E-state index contributed by atoms with van der Waals surface area (Å²) in [6.45, 7) is 0. The second-order valence-corrected chi connectivity index (χ2v) is 12.9. The van der Waals surface area contributed by atoms with Crippen LogP contribution >= 0.6 is 0 Å². The van der Waals surface area contributed by atoms with E-state index in [0.717, 1.165) is 39.0 Å². The summed E-state index contributed by atoms with van der Waals surface area (Å²) in [6.07, 6.45) is 0. The van der Waals surface area contributed by atoms with E-state index in [0.29, 0.717) is 0 Å². The maximum Gasteiger partial charge on any atom is 0.137 e. The third kappa shape index (κ3) is 3.73. The minimum absolute atomic E-state index is 0.882. The lowest BCUT2D eigenvalue weighted by atomic mass is 9.92. The van der Waals surface area contributed by atoms with Crippen LogP contribution in [-0.2, 0) is 0 Å². The second-order valence-electron chi connectivity index (χ2n) is 12.9. The molecular formula is C46H28N2O. The summed E-state index contributed by atoms with van der Waals surface area (Å²) in [5.41, 5.74) is 13.6. The fourth-order valence-corrected chi connectivity index (χ4v) is 8.24. The maximum atomic E-state index is 6.37. The molecule has 0 aliphatic heterocycles. The van der Waals surface area contributed by atoms with Gasteiger partial charge < -0.3 is 13.9 Å². The molecule has 0 unspecified atom stereocenters. The van der Waals surface area contributed by atoms with Gasteiger partial charge in [-0.2, -0.15) is 0 Å². The van der Waals surface area contributed by atoms with Crippen molar-refractivity contribution < 1.29 is 4.42 Å². The van der Waals surface area contributed by atoms with Gasteiger partial charge in [0.25, 0.3) is 0 Å². The molecule has 8 aromatic carbocycles. The van der Waals surface area contributed by atoms with Crippen LogP contribution in [0.4, 0.5) is 17.1 Å². The molecule has 0 amide bonds. The number of anilines is 3. The Morgan fingerprint density at radius 1 is 0.388 bits per heavy atom. The summed E-state index contributed by atoms with van der Waals surface area (Å²) >= 11 is 0. The molecule has 228 valence electrons. The van der Waals surface area contributed by atoms with Crippen LogP contribution < -0.4 is 4.90 Å². The highest BCUT2D eigenvalue weighted by Crippen LogP contribution is 2.51. The summed E-state index contributed by atoms with van der Waals surface area (Å²) in [4.78, 5) is 2.34. The molecule has 0 fully saturated rings. The van der Waals surface area contributed by atoms with Gasteiger partial charge in [0, 0.05) is 50.4 Å². The zero-order valence-electron chi connectivity index (χ0n) is 26.5. The lowest BCUT2D eigenvalue weighted by Crippen LogP contribution is -2.10. The molecule has 3 nitrogen and oxygen atoms in total. The fraction of sp³-hybridized carbons (Fsp3) is 0. The van der Waals surface area contributed by atoms with Crippen molar-refractivity contribution in [3.05, 3.63) is 170 Å². The van der Waals surface area contributed by atoms with Gasteiger partial charge in [-0.3, -0.25) is 0 Å². The number of hydrogen-bond acceptors (Lipinski definition) is 2. The van der Waals surface area contributed by atoms with Crippen LogP contribution in [0.5, 0.6) is 0 Å². The number of aromatic nitrogens is 1. The molecule has 0 saturated carbocycles. The van der Waals surface area contributed by atoms with E-state index < -0.39 is 0 Å². The SMILES string of the molecule is c1ccc(N(c2ccc3c(c2)-c2cccc4ccc5c(c24)c2c-3cccc2n5-c2ccccc2)c2ccc3c(c2)oc2ccccc23)cc1. The van der Waals surface area contributed by atoms with Crippen LogP contribution in [0.2, 0.25) is 0 Å². The third-order valence-electron chi connectivity index (χ3n) is 10.3. The lowest BCUT2D eigenvalue weighted by Gasteiger charge is -2.27. The Labute approximate surface area is 282 Å². The number of benzene rings is 8. The molecule has 0 radical (unpaired) electrons. The molecule has 0 bridgehead atoms. The Morgan fingerprint density at radius 3 is 1.96 bits per heavy atom. The number of furan rings is 1. The molecule has 0 atom stereocenters. The molecule has 10 aromatic rings. The van der Waals surface area contributed by atoms with Gasteiger partial charge in [0.1, 0.15) is 11.2 Å². The summed E-state index contributed by atoms with van der Waals surface area (Å²) in [5.74, 6) is 0. The van der Waals surface area contributed by atoms with Crippen LogP contribution in [0.3, 0.4) is 0 Å². The molecule has 3 heteroatoms. The Bertz CT molecular complexity index is 2930. The smallest absolute Gasteiger partial charge is 0.137 e. The lowest BCUT2D eigenvalue weighted by molar-refractivity contribution is 0.669. The summed E-state index contributed by atoms with van der Waals surface area (Å²) in [5, 5.41) is 7.44. The van der Waals surface area contributed by atoms with Gasteiger partial charge in [-0.1, -0.05) is 97.1 Å². The zero-order valence-corrected chi connectivity index (χ0v) is 26.5. The minimum Gasteiger partial charge on any atom is -0.456 e. The van der Waals surface area contributed by atoms with Gasteiger partial charge in [0.15, 0.2) is 0 Å². The first-order valence-corrected chi connectivity index (χ1v) is 16.8. The van der Waals surface area contributed by atoms with E-state index in [1.165, 1.54) is 60.5 Å². The predicted octanol–water partition coefficient (Wildman–Crippen LogP) is 13.0. The van der Waals surface area contributed by atoms with Crippen molar-refractivity contribution in [2.45, 2.75) is 0 Å². The van der Waals surface area contributed by atoms with E-state index in [1.54, 1.807) is 0 Å². The molecule has 1 aliphatic carbocycles. The molecule has 49 heavy (non-hydrogen) atoms. The van der Waals surface area contributed by atoms with Crippen molar-refractivity contribution in [3.8, 4) is 27.9 Å². The number of hydrogen-bond donors (Lipinski definition) is 0. The van der Waals surface area contributed by atoms with Crippen molar-refractivity contribution in [2.75, 3.05) is 4.90 Å². The largest absolute Gasteiger partial charge is 0.456 e. The van der Waals surface area contributed by atoms with Gasteiger partial charge in [-0.05, 0) is 99.8 Å². The van der Waals surface area contributed by atoms with E-state index in [9.17, 15) is 0 Å². The van der Waals surface area contributed by atoms with Crippen molar-refractivity contribution >= 4 is 71.6 Å². The minimum atomic E-state index is 0.882. The first-order chi connectivity index (χ1) is 24.3. The molecule has 0 saturated heterocycles. The monoisotopic (exact) mass is 624 g/mol. The molecule has 0 spiro atoms. The van der Waals surface area contributed by atoms with Crippen LogP contribution in [0, 0.1) is 0 Å². The van der Waals surface area contributed by atoms with Gasteiger partial charge >= 0.3 is 0 Å². The van der Waals surface area contributed by atoms with Crippen molar-refractivity contribution in [3.63, 3.8) is 0 Å². The summed E-state index contributed by atoms with van der Waals surface area (Å²) in [6, 6.07) is 61.3.